The molecule has 2 heterocycles. The van der Waals surface area contributed by atoms with Gasteiger partial charge in [0, 0.05) is 19.2 Å². The molecule has 1 aliphatic rings. The van der Waals surface area contributed by atoms with Gasteiger partial charge in [-0.25, -0.2) is 0 Å². The van der Waals surface area contributed by atoms with Gasteiger partial charge in [-0.05, 0) is 35.2 Å². The number of rotatable bonds is 7. The Kier molecular flexibility index (Phi) is 7.35. The molecule has 0 saturated heterocycles. The number of nitrogens with zero attached hydrogens (tertiary/aromatic N) is 1. The number of benzene rings is 2. The highest BCUT2D eigenvalue weighted by Crippen LogP contribution is 2.35. The van der Waals surface area contributed by atoms with Gasteiger partial charge in [0.05, 0.1) is 26.0 Å². The molecule has 3 aromatic rings. The van der Waals surface area contributed by atoms with Crippen molar-refractivity contribution in [1.82, 2.24) is 4.90 Å². The third-order valence-corrected chi connectivity index (χ3v) is 6.02. The summed E-state index contributed by atoms with van der Waals surface area (Å²) in [4.78, 5) is 26.8. The molecule has 7 nitrogen and oxygen atoms in total. The topological polar surface area (TPSA) is 89.2 Å². The fraction of sp³-hybridized carbons (Fsp3) is 0.308. The molecule has 1 aromatic heterocycles. The van der Waals surface area contributed by atoms with Gasteiger partial charge >= 0.3 is 12.3 Å². The number of methoxy groups -OCH3 is 1. The molecule has 36 heavy (non-hydrogen) atoms. The highest BCUT2D eigenvalue weighted by Gasteiger charge is 2.32. The Morgan fingerprint density at radius 2 is 1.83 bits per heavy atom. The fourth-order valence-corrected chi connectivity index (χ4v) is 4.29. The third-order valence-electron chi connectivity index (χ3n) is 6.02. The second-order valence-corrected chi connectivity index (χ2v) is 8.47. The molecule has 0 unspecified atom stereocenters. The van der Waals surface area contributed by atoms with Crippen LogP contribution in [-0.4, -0.2) is 36.0 Å². The average Bonchev–Trinajstić information content (AvgIpc) is 2.84. The van der Waals surface area contributed by atoms with Crippen LogP contribution in [0.2, 0.25) is 0 Å². The maximum absolute atomic E-state index is 12.6. The van der Waals surface area contributed by atoms with E-state index in [2.05, 4.69) is 15.7 Å². The van der Waals surface area contributed by atoms with Gasteiger partial charge in [0.15, 0.2) is 5.76 Å². The Labute approximate surface area is 204 Å². The van der Waals surface area contributed by atoms with E-state index in [4.69, 9.17) is 9.15 Å². The summed E-state index contributed by atoms with van der Waals surface area (Å²) in [6, 6.07) is 14.0. The zero-order chi connectivity index (χ0) is 25.9. The minimum absolute atomic E-state index is 0.162. The first kappa shape index (κ1) is 25.3. The summed E-state index contributed by atoms with van der Waals surface area (Å²) in [6.45, 7) is 1.69. The molecule has 4 rings (SSSR count). The predicted molar refractivity (Wildman–Crippen MR) is 123 cm³/mol. The van der Waals surface area contributed by atoms with Crippen LogP contribution in [0.1, 0.15) is 40.5 Å². The van der Waals surface area contributed by atoms with Crippen molar-refractivity contribution in [3.63, 3.8) is 0 Å². The molecular formula is C26H24F3NO6. The van der Waals surface area contributed by atoms with Gasteiger partial charge in [0.1, 0.15) is 11.5 Å². The van der Waals surface area contributed by atoms with E-state index in [0.29, 0.717) is 24.4 Å². The molecule has 0 radical (unpaired) electrons. The van der Waals surface area contributed by atoms with Gasteiger partial charge < -0.3 is 19.0 Å². The van der Waals surface area contributed by atoms with E-state index in [1.165, 1.54) is 36.4 Å². The monoisotopic (exact) mass is 503 g/mol. The van der Waals surface area contributed by atoms with Crippen molar-refractivity contribution in [2.45, 2.75) is 38.2 Å². The Hall–Kier alpha value is -3.79. The summed E-state index contributed by atoms with van der Waals surface area (Å²) in [5.74, 6) is -2.63. The van der Waals surface area contributed by atoms with Crippen molar-refractivity contribution < 1.29 is 37.0 Å². The first-order chi connectivity index (χ1) is 17.1. The first-order valence-corrected chi connectivity index (χ1v) is 11.2. The molecule has 0 fully saturated rings. The first-order valence-electron chi connectivity index (χ1n) is 11.2. The van der Waals surface area contributed by atoms with E-state index in [-0.39, 0.29) is 12.2 Å². The number of esters is 1. The van der Waals surface area contributed by atoms with Crippen molar-refractivity contribution in [3.8, 4) is 11.5 Å². The predicted octanol–water partition coefficient (Wildman–Crippen LogP) is 4.50. The number of aromatic hydroxyl groups is 1. The van der Waals surface area contributed by atoms with Gasteiger partial charge in [-0.1, -0.05) is 36.4 Å². The molecule has 0 saturated carbocycles. The van der Waals surface area contributed by atoms with Crippen LogP contribution in [0.3, 0.4) is 0 Å². The minimum Gasteiger partial charge on any atom is -0.502 e. The average molecular weight is 503 g/mol. The number of hydrogen-bond donors (Lipinski definition) is 1. The van der Waals surface area contributed by atoms with Crippen LogP contribution in [0.15, 0.2) is 63.8 Å². The van der Waals surface area contributed by atoms with Crippen LogP contribution in [0.5, 0.6) is 11.5 Å². The van der Waals surface area contributed by atoms with E-state index in [0.717, 1.165) is 25.1 Å². The van der Waals surface area contributed by atoms with Crippen molar-refractivity contribution in [1.29, 1.82) is 0 Å². The lowest BCUT2D eigenvalue weighted by atomic mass is 9.92. The maximum atomic E-state index is 12.6. The van der Waals surface area contributed by atoms with Crippen molar-refractivity contribution in [2.24, 2.45) is 0 Å². The number of carbonyl (C=O) groups is 1. The number of hydrogen-bond acceptors (Lipinski definition) is 7. The van der Waals surface area contributed by atoms with Crippen LogP contribution in [0, 0.1) is 0 Å². The highest BCUT2D eigenvalue weighted by atomic mass is 19.4. The Morgan fingerprint density at radius 3 is 2.50 bits per heavy atom. The van der Waals surface area contributed by atoms with E-state index in [1.54, 1.807) is 0 Å². The largest absolute Gasteiger partial charge is 0.573 e. The lowest BCUT2D eigenvalue weighted by molar-refractivity contribution is -0.274. The molecule has 1 aliphatic heterocycles. The normalized spacial score (nSPS) is 14.7. The van der Waals surface area contributed by atoms with Crippen LogP contribution in [0.25, 0.3) is 0 Å². The molecule has 0 aliphatic carbocycles. The lowest BCUT2D eigenvalue weighted by Crippen LogP contribution is -2.30. The quantitative estimate of drug-likeness (QED) is 0.475. The van der Waals surface area contributed by atoms with Crippen LogP contribution in [0.4, 0.5) is 13.2 Å². The van der Waals surface area contributed by atoms with Gasteiger partial charge in [0.2, 0.25) is 11.2 Å². The molecule has 0 bridgehead atoms. The number of carbonyl (C=O) groups excluding carboxylic acids is 1. The van der Waals surface area contributed by atoms with Crippen molar-refractivity contribution in [3.05, 3.63) is 93.0 Å². The van der Waals surface area contributed by atoms with Crippen molar-refractivity contribution >= 4 is 5.97 Å². The van der Waals surface area contributed by atoms with E-state index >= 15 is 0 Å². The standard InChI is InChI=1S/C26H24F3NO6/c1-34-23(32)13-21(17-6-8-19(9-7-17)36-26(27,28)29)25-24(33)22(31)12-20(35-25)15-30-11-10-16-4-2-3-5-18(16)14-30/h2-9,12,21,33H,10-11,13-15H2,1H3/t21-/m0/s1. The molecule has 2 aromatic carbocycles. The molecule has 0 spiro atoms. The summed E-state index contributed by atoms with van der Waals surface area (Å²) in [6.07, 6.45) is -4.34. The summed E-state index contributed by atoms with van der Waals surface area (Å²) >= 11 is 0. The zero-order valence-electron chi connectivity index (χ0n) is 19.4. The molecule has 190 valence electrons. The summed E-state index contributed by atoms with van der Waals surface area (Å²) in [5.41, 5.74) is 2.08. The zero-order valence-corrected chi connectivity index (χ0v) is 19.4. The van der Waals surface area contributed by atoms with E-state index < -0.39 is 35.2 Å². The number of fused-ring (bicyclic) bond motifs is 1. The van der Waals surface area contributed by atoms with E-state index in [9.17, 15) is 27.9 Å². The van der Waals surface area contributed by atoms with Crippen molar-refractivity contribution in [2.75, 3.05) is 13.7 Å². The number of ether oxygens (including phenoxy) is 2. The maximum Gasteiger partial charge on any atom is 0.573 e. The smallest absolute Gasteiger partial charge is 0.502 e. The third kappa shape index (κ3) is 6.06. The molecule has 10 heteroatoms. The van der Waals surface area contributed by atoms with Gasteiger partial charge in [-0.3, -0.25) is 14.5 Å². The van der Waals surface area contributed by atoms with Crippen LogP contribution in [-0.2, 0) is 29.0 Å². The second-order valence-electron chi connectivity index (χ2n) is 8.47. The molecule has 1 atom stereocenters. The Balaban J connectivity index is 1.64. The molecule has 0 amide bonds. The van der Waals surface area contributed by atoms with Crippen LogP contribution < -0.4 is 10.2 Å². The number of halogens is 3. The van der Waals surface area contributed by atoms with Gasteiger partial charge in [0.25, 0.3) is 0 Å². The molecule has 1 N–H and O–H groups in total. The highest BCUT2D eigenvalue weighted by molar-refractivity contribution is 5.71. The van der Waals surface area contributed by atoms with Crippen LogP contribution >= 0.6 is 0 Å². The summed E-state index contributed by atoms with van der Waals surface area (Å²) < 4.78 is 52.2. The van der Waals surface area contributed by atoms with Gasteiger partial charge in [-0.2, -0.15) is 0 Å². The summed E-state index contributed by atoms with van der Waals surface area (Å²) in [5, 5.41) is 10.5. The van der Waals surface area contributed by atoms with Gasteiger partial charge in [-0.15, -0.1) is 13.2 Å². The Morgan fingerprint density at radius 1 is 1.14 bits per heavy atom. The SMILES string of the molecule is COC(=O)C[C@@H](c1ccc(OC(F)(F)F)cc1)c1oc(CN2CCc3ccccc3C2)cc(=O)c1O. The fourth-order valence-electron chi connectivity index (χ4n) is 4.29. The lowest BCUT2D eigenvalue weighted by Gasteiger charge is -2.28. The Bertz CT molecular complexity index is 1290. The minimum atomic E-state index is -4.86. The number of alkyl halides is 3. The summed E-state index contributed by atoms with van der Waals surface area (Å²) in [7, 11) is 1.18. The molecular weight excluding hydrogens is 479 g/mol. The van der Waals surface area contributed by atoms with E-state index in [1.807, 2.05) is 18.2 Å². The second kappa shape index (κ2) is 10.4.